The molecule has 2 aromatic rings. The van der Waals surface area contributed by atoms with Crippen LogP contribution in [0.15, 0.2) is 48.5 Å². The average Bonchev–Trinajstić information content (AvgIpc) is 2.66. The zero-order valence-electron chi connectivity index (χ0n) is 14.2. The monoisotopic (exact) mass is 444 g/mol. The van der Waals surface area contributed by atoms with Gasteiger partial charge in [-0.05, 0) is 60.1 Å². The average molecular weight is 446 g/mol. The van der Waals surface area contributed by atoms with Gasteiger partial charge in [0.15, 0.2) is 17.2 Å². The second-order valence-electron chi connectivity index (χ2n) is 6.05. The fraction of sp³-hybridized carbons (Fsp3) is 0.211. The van der Waals surface area contributed by atoms with Crippen LogP contribution in [-0.4, -0.2) is 49.9 Å². The van der Waals surface area contributed by atoms with Crippen LogP contribution in [-0.2, 0) is 4.79 Å². The van der Waals surface area contributed by atoms with Gasteiger partial charge in [-0.1, -0.05) is 23.2 Å². The summed E-state index contributed by atoms with van der Waals surface area (Å²) >= 11 is 16.8. The standard InChI is InChI=1S/C19H15Cl3O6/c20-12-5-1-10(2-6-12)15(24)16(25)18(27)19(28,9-14(22)23)17(26)11-3-7-13(21)8-4-11/h1-8,16,18,25,27-28H,9H2/t16?,18-,19-/m0/s1. The first kappa shape index (κ1) is 22.5. The SMILES string of the molecule is O=C(Cl)C[C@](O)(C(=O)c1ccc(Cl)cc1)[C@@H](O)C(O)C(=O)c1ccc(Cl)cc1. The van der Waals surface area contributed by atoms with Gasteiger partial charge >= 0.3 is 0 Å². The zero-order valence-corrected chi connectivity index (χ0v) is 16.4. The normalized spacial score (nSPS) is 15.4. The molecule has 28 heavy (non-hydrogen) atoms. The van der Waals surface area contributed by atoms with Gasteiger partial charge in [0, 0.05) is 21.2 Å². The molecule has 2 rings (SSSR count). The van der Waals surface area contributed by atoms with Crippen LogP contribution in [0.2, 0.25) is 10.0 Å². The molecule has 0 heterocycles. The summed E-state index contributed by atoms with van der Waals surface area (Å²) in [5.41, 5.74) is -2.96. The summed E-state index contributed by atoms with van der Waals surface area (Å²) in [6, 6.07) is 10.6. The minimum atomic E-state index is -2.84. The van der Waals surface area contributed by atoms with Gasteiger partial charge in [-0.3, -0.25) is 14.4 Å². The van der Waals surface area contributed by atoms with E-state index in [1.165, 1.54) is 48.5 Å². The van der Waals surface area contributed by atoms with E-state index < -0.39 is 41.0 Å². The van der Waals surface area contributed by atoms with Crippen molar-refractivity contribution in [2.45, 2.75) is 24.2 Å². The molecule has 148 valence electrons. The van der Waals surface area contributed by atoms with Crippen molar-refractivity contribution < 1.29 is 29.7 Å². The van der Waals surface area contributed by atoms with E-state index in [1.807, 2.05) is 0 Å². The number of ketones is 2. The molecule has 0 aliphatic rings. The highest BCUT2D eigenvalue weighted by atomic mass is 35.5. The molecule has 0 amide bonds. The van der Waals surface area contributed by atoms with Crippen LogP contribution in [0, 0.1) is 0 Å². The first-order valence-electron chi connectivity index (χ1n) is 7.93. The van der Waals surface area contributed by atoms with Gasteiger partial charge < -0.3 is 15.3 Å². The van der Waals surface area contributed by atoms with Crippen molar-refractivity contribution in [1.82, 2.24) is 0 Å². The predicted octanol–water partition coefficient (Wildman–Crippen LogP) is 2.67. The molecule has 3 atom stereocenters. The second kappa shape index (κ2) is 9.13. The highest BCUT2D eigenvalue weighted by Gasteiger charge is 2.49. The Labute approximate surface area is 175 Å². The fourth-order valence-corrected chi connectivity index (χ4v) is 3.03. The summed E-state index contributed by atoms with van der Waals surface area (Å²) in [6.45, 7) is 0. The number of aliphatic hydroxyl groups is 3. The zero-order chi connectivity index (χ0) is 21.1. The molecular formula is C19H15Cl3O6. The first-order valence-corrected chi connectivity index (χ1v) is 9.06. The molecule has 1 unspecified atom stereocenters. The van der Waals surface area contributed by atoms with Gasteiger partial charge in [0.05, 0.1) is 6.42 Å². The third-order valence-corrected chi connectivity index (χ3v) is 4.73. The lowest BCUT2D eigenvalue weighted by Crippen LogP contribution is -2.57. The molecule has 3 N–H and O–H groups in total. The van der Waals surface area contributed by atoms with E-state index in [1.54, 1.807) is 0 Å². The number of hydrogen-bond acceptors (Lipinski definition) is 6. The van der Waals surface area contributed by atoms with Gasteiger partial charge in [0.2, 0.25) is 5.24 Å². The molecule has 0 fully saturated rings. The Bertz CT molecular complexity index is 882. The third kappa shape index (κ3) is 4.97. The molecule has 0 spiro atoms. The Balaban J connectivity index is 2.38. The van der Waals surface area contributed by atoms with Crippen molar-refractivity contribution >= 4 is 51.6 Å². The maximum atomic E-state index is 12.8. The summed E-state index contributed by atoms with van der Waals surface area (Å²) in [5.74, 6) is -2.08. The summed E-state index contributed by atoms with van der Waals surface area (Å²) in [7, 11) is 0. The van der Waals surface area contributed by atoms with Crippen molar-refractivity contribution in [2.75, 3.05) is 0 Å². The quantitative estimate of drug-likeness (QED) is 0.425. The molecule has 0 bridgehead atoms. The van der Waals surface area contributed by atoms with Crippen LogP contribution in [0.3, 0.4) is 0 Å². The number of carbonyl (C=O) groups excluding carboxylic acids is 3. The lowest BCUT2D eigenvalue weighted by molar-refractivity contribution is -0.125. The van der Waals surface area contributed by atoms with E-state index in [0.29, 0.717) is 10.0 Å². The van der Waals surface area contributed by atoms with E-state index in [2.05, 4.69) is 0 Å². The van der Waals surface area contributed by atoms with E-state index in [0.717, 1.165) is 0 Å². The largest absolute Gasteiger partial charge is 0.386 e. The molecule has 9 heteroatoms. The van der Waals surface area contributed by atoms with Crippen LogP contribution in [0.5, 0.6) is 0 Å². The van der Waals surface area contributed by atoms with Gasteiger partial charge in [-0.25, -0.2) is 0 Å². The number of benzene rings is 2. The smallest absolute Gasteiger partial charge is 0.225 e. The number of rotatable bonds is 8. The number of aliphatic hydroxyl groups excluding tert-OH is 2. The Morgan fingerprint density at radius 2 is 1.29 bits per heavy atom. The predicted molar refractivity (Wildman–Crippen MR) is 104 cm³/mol. The van der Waals surface area contributed by atoms with Gasteiger partial charge in [-0.15, -0.1) is 0 Å². The maximum absolute atomic E-state index is 12.8. The van der Waals surface area contributed by atoms with Crippen LogP contribution in [0.25, 0.3) is 0 Å². The van der Waals surface area contributed by atoms with Crippen molar-refractivity contribution in [3.63, 3.8) is 0 Å². The van der Waals surface area contributed by atoms with Crippen LogP contribution < -0.4 is 0 Å². The van der Waals surface area contributed by atoms with Crippen molar-refractivity contribution in [1.29, 1.82) is 0 Å². The maximum Gasteiger partial charge on any atom is 0.225 e. The summed E-state index contributed by atoms with van der Waals surface area (Å²) in [4.78, 5) is 36.6. The first-order chi connectivity index (χ1) is 13.1. The van der Waals surface area contributed by atoms with Crippen LogP contribution in [0.1, 0.15) is 27.1 Å². The molecule has 0 aliphatic heterocycles. The Morgan fingerprint density at radius 3 is 1.71 bits per heavy atom. The molecule has 0 aliphatic carbocycles. The molecular weight excluding hydrogens is 431 g/mol. The fourth-order valence-electron chi connectivity index (χ4n) is 2.57. The Hall–Kier alpha value is -1.80. The lowest BCUT2D eigenvalue weighted by Gasteiger charge is -2.32. The van der Waals surface area contributed by atoms with Crippen LogP contribution >= 0.6 is 34.8 Å². The summed E-state index contributed by atoms with van der Waals surface area (Å²) < 4.78 is 0. The van der Waals surface area contributed by atoms with Crippen molar-refractivity contribution in [3.8, 4) is 0 Å². The van der Waals surface area contributed by atoms with E-state index in [4.69, 9.17) is 34.8 Å². The van der Waals surface area contributed by atoms with Gasteiger partial charge in [-0.2, -0.15) is 0 Å². The molecule has 6 nitrogen and oxygen atoms in total. The van der Waals surface area contributed by atoms with Crippen molar-refractivity contribution in [2.24, 2.45) is 0 Å². The van der Waals surface area contributed by atoms with Gasteiger partial charge in [0.1, 0.15) is 12.2 Å². The molecule has 0 saturated carbocycles. The van der Waals surface area contributed by atoms with E-state index in [-0.39, 0.29) is 11.1 Å². The topological polar surface area (TPSA) is 112 Å². The Morgan fingerprint density at radius 1 is 0.857 bits per heavy atom. The van der Waals surface area contributed by atoms with E-state index >= 15 is 0 Å². The highest BCUT2D eigenvalue weighted by Crippen LogP contribution is 2.27. The third-order valence-electron chi connectivity index (χ3n) is 4.09. The summed E-state index contributed by atoms with van der Waals surface area (Å²) in [6.07, 6.45) is -5.57. The number of carbonyl (C=O) groups is 3. The van der Waals surface area contributed by atoms with E-state index in [9.17, 15) is 29.7 Å². The minimum absolute atomic E-state index is 0.0190. The highest BCUT2D eigenvalue weighted by molar-refractivity contribution is 6.63. The number of halogens is 3. The molecule has 2 aromatic carbocycles. The summed E-state index contributed by atoms with van der Waals surface area (Å²) in [5, 5.41) is 31.0. The second-order valence-corrected chi connectivity index (χ2v) is 7.35. The van der Waals surface area contributed by atoms with Crippen LogP contribution in [0.4, 0.5) is 0 Å². The minimum Gasteiger partial charge on any atom is -0.386 e. The number of Topliss-reactive ketones (excluding diaryl/α,β-unsaturated/α-hetero) is 2. The molecule has 0 saturated heterocycles. The number of hydrogen-bond donors (Lipinski definition) is 3. The Kier molecular flexibility index (Phi) is 7.33. The van der Waals surface area contributed by atoms with Crippen molar-refractivity contribution in [3.05, 3.63) is 69.7 Å². The van der Waals surface area contributed by atoms with Gasteiger partial charge in [0.25, 0.3) is 0 Å². The lowest BCUT2D eigenvalue weighted by atomic mass is 9.81. The molecule has 0 aromatic heterocycles. The molecule has 0 radical (unpaired) electrons.